The number of quaternary nitrogens is 1. The highest BCUT2D eigenvalue weighted by Crippen LogP contribution is 2.23. The summed E-state index contributed by atoms with van der Waals surface area (Å²) >= 11 is 0. The summed E-state index contributed by atoms with van der Waals surface area (Å²) in [5, 5.41) is 11.1. The van der Waals surface area contributed by atoms with Crippen LogP contribution in [0.2, 0.25) is 0 Å². The summed E-state index contributed by atoms with van der Waals surface area (Å²) in [6.07, 6.45) is 23.7. The second kappa shape index (κ2) is 14.5. The number of carboxylic acids is 1. The minimum absolute atomic E-state index is 0.0939. The number of hydrogen-bond acceptors (Lipinski definition) is 4. The van der Waals surface area contributed by atoms with Gasteiger partial charge in [0.15, 0.2) is 0 Å². The molecule has 0 bridgehead atoms. The van der Waals surface area contributed by atoms with Crippen molar-refractivity contribution in [2.75, 3.05) is 6.54 Å². The lowest BCUT2D eigenvalue weighted by atomic mass is 10.1. The molecule has 0 amide bonds. The summed E-state index contributed by atoms with van der Waals surface area (Å²) in [6, 6.07) is 0. The number of hydrogen-bond donors (Lipinski definition) is 1. The summed E-state index contributed by atoms with van der Waals surface area (Å²) in [6.45, 7) is 3.93. The molecule has 0 fully saturated rings. The molecule has 2 unspecified atom stereocenters. The molecule has 0 spiro atoms. The van der Waals surface area contributed by atoms with Crippen molar-refractivity contribution in [3.8, 4) is 0 Å². The second-order valence-corrected chi connectivity index (χ2v) is 8.03. The van der Waals surface area contributed by atoms with Crippen LogP contribution in [-0.4, -0.2) is 29.0 Å². The number of nitrogens with zero attached hydrogens (tertiary/aromatic N) is 2. The topological polar surface area (TPSA) is 78.5 Å². The van der Waals surface area contributed by atoms with E-state index in [1.807, 2.05) is 6.92 Å². The van der Waals surface area contributed by atoms with E-state index in [9.17, 15) is 9.90 Å². The molecule has 0 aromatic heterocycles. The third kappa shape index (κ3) is 9.16. The number of aliphatic carboxylic acids is 1. The molecule has 2 N–H and O–H groups in total. The minimum Gasteiger partial charge on any atom is -0.544 e. The van der Waals surface area contributed by atoms with Crippen LogP contribution in [-0.2, 0) is 4.79 Å². The van der Waals surface area contributed by atoms with Crippen LogP contribution in [0.25, 0.3) is 0 Å². The fraction of sp³-hybridized carbons (Fsp3) is 0.739. The fourth-order valence-corrected chi connectivity index (χ4v) is 3.75. The number of aliphatic imine (C=N–C) groups is 1. The number of nitrogens with two attached hydrogens (primary N) is 1. The van der Waals surface area contributed by atoms with Gasteiger partial charge in [0.25, 0.3) is 0 Å². The first-order chi connectivity index (χ1) is 13.5. The minimum atomic E-state index is -1.10. The Labute approximate surface area is 172 Å². The zero-order valence-electron chi connectivity index (χ0n) is 18.1. The molecule has 0 aliphatic carbocycles. The molecule has 1 heterocycles. The van der Waals surface area contributed by atoms with Crippen molar-refractivity contribution in [2.45, 2.75) is 103 Å². The van der Waals surface area contributed by atoms with Crippen LogP contribution in [0, 0.1) is 0 Å². The molecular formula is C23H41N3O2. The predicted octanol–water partition coefficient (Wildman–Crippen LogP) is 4.39. The summed E-state index contributed by atoms with van der Waals surface area (Å²) in [5.74, 6) is -0.262. The van der Waals surface area contributed by atoms with Gasteiger partial charge in [-0.2, -0.15) is 0 Å². The largest absolute Gasteiger partial charge is 0.544 e. The Kier molecular flexibility index (Phi) is 12.8. The predicted molar refractivity (Wildman–Crippen MR) is 115 cm³/mol. The SMILES string of the molecule is CCCCCCCCCC/C=C/CCCCC1=NC=C[N+]1(CC(=O)[O-])C(C)N. The lowest BCUT2D eigenvalue weighted by molar-refractivity contribution is -0.808. The van der Waals surface area contributed by atoms with Crippen LogP contribution < -0.4 is 10.8 Å². The van der Waals surface area contributed by atoms with E-state index in [-0.39, 0.29) is 17.2 Å². The van der Waals surface area contributed by atoms with E-state index in [1.54, 1.807) is 12.4 Å². The van der Waals surface area contributed by atoms with Crippen LogP contribution in [0.15, 0.2) is 29.5 Å². The highest BCUT2D eigenvalue weighted by atomic mass is 16.4. The molecule has 2 atom stereocenters. The van der Waals surface area contributed by atoms with Crippen LogP contribution in [0.1, 0.15) is 97.3 Å². The third-order valence-corrected chi connectivity index (χ3v) is 5.57. The van der Waals surface area contributed by atoms with Crippen molar-refractivity contribution in [3.05, 3.63) is 24.6 Å². The highest BCUT2D eigenvalue weighted by Gasteiger charge is 2.38. The molecule has 5 nitrogen and oxygen atoms in total. The van der Waals surface area contributed by atoms with E-state index in [0.29, 0.717) is 0 Å². The van der Waals surface area contributed by atoms with Crippen molar-refractivity contribution in [1.82, 2.24) is 0 Å². The Balaban J connectivity index is 2.10. The van der Waals surface area contributed by atoms with E-state index in [2.05, 4.69) is 24.1 Å². The number of allylic oxidation sites excluding steroid dienone is 2. The number of unbranched alkanes of at least 4 members (excludes halogenated alkanes) is 10. The van der Waals surface area contributed by atoms with Crippen LogP contribution in [0.5, 0.6) is 0 Å². The standard InChI is InChI=1S/C23H41N3O2/c1-3-4-5-6-7-8-9-10-11-12-13-14-15-16-17-22-25-18-19-26(22,21(2)24)20-23(27)28/h12-13,18-19,21H,3-11,14-17,20,24H2,1-2H3/b13-12+. The highest BCUT2D eigenvalue weighted by molar-refractivity contribution is 5.81. The molecule has 160 valence electrons. The first kappa shape index (κ1) is 24.6. The van der Waals surface area contributed by atoms with Crippen molar-refractivity contribution in [3.63, 3.8) is 0 Å². The molecule has 28 heavy (non-hydrogen) atoms. The Hall–Kier alpha value is -1.46. The summed E-state index contributed by atoms with van der Waals surface area (Å²) < 4.78 is 0.0939. The molecule has 1 aliphatic heterocycles. The number of amidine groups is 1. The Morgan fingerprint density at radius 3 is 2.21 bits per heavy atom. The maximum Gasteiger partial charge on any atom is 0.209 e. The Morgan fingerprint density at radius 2 is 1.64 bits per heavy atom. The van der Waals surface area contributed by atoms with Gasteiger partial charge in [0.1, 0.15) is 18.9 Å². The zero-order chi connectivity index (χ0) is 20.7. The molecule has 0 saturated carbocycles. The molecule has 1 rings (SSSR count). The number of carbonyl (C=O) groups excluding carboxylic acids is 1. The first-order valence-corrected chi connectivity index (χ1v) is 11.3. The van der Waals surface area contributed by atoms with Gasteiger partial charge in [0.05, 0.1) is 12.2 Å². The lowest BCUT2D eigenvalue weighted by Crippen LogP contribution is -2.60. The van der Waals surface area contributed by atoms with Gasteiger partial charge < -0.3 is 9.90 Å². The average Bonchev–Trinajstić information content (AvgIpc) is 3.05. The van der Waals surface area contributed by atoms with Crippen molar-refractivity contribution in [1.29, 1.82) is 0 Å². The van der Waals surface area contributed by atoms with Gasteiger partial charge >= 0.3 is 0 Å². The Bertz CT molecular complexity index is 526. The third-order valence-electron chi connectivity index (χ3n) is 5.57. The maximum atomic E-state index is 11.1. The second-order valence-electron chi connectivity index (χ2n) is 8.03. The van der Waals surface area contributed by atoms with Gasteiger partial charge in [-0.1, -0.05) is 64.0 Å². The number of carbonyl (C=O) groups is 1. The number of rotatable bonds is 17. The zero-order valence-corrected chi connectivity index (χ0v) is 18.1. The molecular weight excluding hydrogens is 350 g/mol. The summed E-state index contributed by atoms with van der Waals surface area (Å²) in [4.78, 5) is 15.5. The molecule has 0 aromatic carbocycles. The van der Waals surface area contributed by atoms with Crippen molar-refractivity contribution < 1.29 is 14.4 Å². The van der Waals surface area contributed by atoms with E-state index in [0.717, 1.165) is 31.5 Å². The quantitative estimate of drug-likeness (QED) is 0.227. The van der Waals surface area contributed by atoms with Crippen LogP contribution in [0.3, 0.4) is 0 Å². The molecule has 5 heteroatoms. The average molecular weight is 392 g/mol. The molecule has 0 radical (unpaired) electrons. The van der Waals surface area contributed by atoms with Gasteiger partial charge in [-0.3, -0.25) is 5.73 Å². The van der Waals surface area contributed by atoms with Crippen molar-refractivity contribution >= 4 is 11.8 Å². The normalized spacial score (nSPS) is 20.0. The van der Waals surface area contributed by atoms with E-state index in [4.69, 9.17) is 5.73 Å². The molecule has 1 aliphatic rings. The molecule has 0 aromatic rings. The summed E-state index contributed by atoms with van der Waals surface area (Å²) in [7, 11) is 0. The monoisotopic (exact) mass is 391 g/mol. The van der Waals surface area contributed by atoms with Crippen molar-refractivity contribution in [2.24, 2.45) is 10.7 Å². The van der Waals surface area contributed by atoms with Gasteiger partial charge in [0.2, 0.25) is 5.84 Å². The van der Waals surface area contributed by atoms with Gasteiger partial charge in [-0.15, -0.1) is 0 Å². The Morgan fingerprint density at radius 1 is 1.07 bits per heavy atom. The van der Waals surface area contributed by atoms with E-state index < -0.39 is 5.97 Å². The lowest BCUT2D eigenvalue weighted by Gasteiger charge is -2.36. The van der Waals surface area contributed by atoms with Crippen LogP contribution in [0.4, 0.5) is 0 Å². The fourth-order valence-electron chi connectivity index (χ4n) is 3.75. The summed E-state index contributed by atoms with van der Waals surface area (Å²) in [5.41, 5.74) is 6.06. The van der Waals surface area contributed by atoms with Gasteiger partial charge in [0, 0.05) is 13.3 Å². The van der Waals surface area contributed by atoms with Crippen LogP contribution >= 0.6 is 0 Å². The van der Waals surface area contributed by atoms with Gasteiger partial charge in [-0.05, 0) is 32.1 Å². The van der Waals surface area contributed by atoms with E-state index >= 15 is 0 Å². The molecule has 0 saturated heterocycles. The van der Waals surface area contributed by atoms with E-state index in [1.165, 1.54) is 57.8 Å². The number of carboxylic acid groups (broad SMARTS) is 1. The first-order valence-electron chi connectivity index (χ1n) is 11.3. The smallest absolute Gasteiger partial charge is 0.209 e. The van der Waals surface area contributed by atoms with Gasteiger partial charge in [-0.25, -0.2) is 9.48 Å². The maximum absolute atomic E-state index is 11.1.